The predicted molar refractivity (Wildman–Crippen MR) is 145 cm³/mol. The highest BCUT2D eigenvalue weighted by Gasteiger charge is 2.31. The van der Waals surface area contributed by atoms with Crippen molar-refractivity contribution in [2.45, 2.75) is 70.4 Å². The molecule has 0 amide bonds. The zero-order valence-electron chi connectivity index (χ0n) is 22.9. The van der Waals surface area contributed by atoms with Crippen molar-refractivity contribution in [2.75, 3.05) is 0 Å². The monoisotopic (exact) mass is 517 g/mol. The molecule has 0 aliphatic carbocycles. The van der Waals surface area contributed by atoms with Gasteiger partial charge in [0.1, 0.15) is 25.3 Å². The Kier molecular flexibility index (Phi) is 7.34. The summed E-state index contributed by atoms with van der Waals surface area (Å²) in [6.45, 7) is 10.4. The summed E-state index contributed by atoms with van der Waals surface area (Å²) < 4.78 is 3.45. The van der Waals surface area contributed by atoms with Crippen molar-refractivity contribution in [1.82, 2.24) is 29.5 Å². The van der Waals surface area contributed by atoms with Gasteiger partial charge in [0, 0.05) is 0 Å². The van der Waals surface area contributed by atoms with Crippen LogP contribution in [0.1, 0.15) is 68.0 Å². The first-order chi connectivity index (χ1) is 18.5. The Morgan fingerprint density at radius 3 is 1.54 bits per heavy atom. The Morgan fingerprint density at radius 1 is 0.615 bits per heavy atom. The van der Waals surface area contributed by atoms with Crippen LogP contribution in [0.4, 0.5) is 0 Å². The van der Waals surface area contributed by atoms with E-state index in [1.807, 2.05) is 65.0 Å². The molecule has 196 valence electrons. The van der Waals surface area contributed by atoms with E-state index in [0.717, 1.165) is 33.4 Å². The fourth-order valence-corrected chi connectivity index (χ4v) is 4.53. The maximum Gasteiger partial charge on any atom is 0.137 e. The molecule has 0 aliphatic rings. The van der Waals surface area contributed by atoms with Crippen LogP contribution in [-0.2, 0) is 35.8 Å². The summed E-state index contributed by atoms with van der Waals surface area (Å²) in [4.78, 5) is 8.07. The number of benzene rings is 2. The first-order valence-electron chi connectivity index (χ1n) is 12.6. The first kappa shape index (κ1) is 27.2. The summed E-state index contributed by atoms with van der Waals surface area (Å²) in [7, 11) is 0. The highest BCUT2D eigenvalue weighted by Crippen LogP contribution is 2.35. The normalized spacial score (nSPS) is 13.2. The number of nitriles is 3. The second-order valence-corrected chi connectivity index (χ2v) is 11.2. The summed E-state index contributed by atoms with van der Waals surface area (Å²) >= 11 is 0. The van der Waals surface area contributed by atoms with Gasteiger partial charge in [0.25, 0.3) is 0 Å². The second-order valence-electron chi connectivity index (χ2n) is 11.2. The molecule has 1 unspecified atom stereocenters. The van der Waals surface area contributed by atoms with Crippen LogP contribution in [0, 0.1) is 34.0 Å². The predicted octanol–water partition coefficient (Wildman–Crippen LogP) is 4.59. The van der Waals surface area contributed by atoms with Crippen molar-refractivity contribution in [3.63, 3.8) is 0 Å². The minimum atomic E-state index is -0.904. The average Bonchev–Trinajstić information content (AvgIpc) is 3.63. The lowest BCUT2D eigenvalue weighted by Gasteiger charge is -2.27. The molecule has 0 aliphatic heterocycles. The molecule has 0 bridgehead atoms. The molecule has 1 atom stereocenters. The average molecular weight is 518 g/mol. The summed E-state index contributed by atoms with van der Waals surface area (Å²) in [5.74, 6) is 0. The maximum absolute atomic E-state index is 10.5. The highest BCUT2D eigenvalue weighted by atomic mass is 15.3. The molecule has 9 heteroatoms. The van der Waals surface area contributed by atoms with Gasteiger partial charge in [-0.15, -0.1) is 0 Å². The lowest BCUT2D eigenvalue weighted by molar-refractivity contribution is 0.592. The van der Waals surface area contributed by atoms with Crippen molar-refractivity contribution < 1.29 is 0 Å². The Bertz CT molecular complexity index is 1580. The van der Waals surface area contributed by atoms with Gasteiger partial charge in [0.05, 0.1) is 47.5 Å². The molecule has 0 saturated carbocycles. The molecule has 0 N–H and O–H groups in total. The van der Waals surface area contributed by atoms with E-state index in [1.165, 1.54) is 12.7 Å². The van der Waals surface area contributed by atoms with Crippen LogP contribution in [0.3, 0.4) is 0 Å². The van der Waals surface area contributed by atoms with Gasteiger partial charge in [-0.25, -0.2) is 19.3 Å². The maximum atomic E-state index is 10.5. The SMILES string of the molecule is CC(C)(C#N)c1cc(Cn2cncn2)cc(CC(C)(C#N)c2cc(Cn3cncn3)cc(C(C)(C)C#N)c2)c1. The smallest absolute Gasteiger partial charge is 0.137 e. The van der Waals surface area contributed by atoms with Crippen LogP contribution >= 0.6 is 0 Å². The van der Waals surface area contributed by atoms with Gasteiger partial charge in [0.2, 0.25) is 0 Å². The molecule has 4 aromatic rings. The second kappa shape index (κ2) is 10.5. The third-order valence-electron chi connectivity index (χ3n) is 7.11. The lowest BCUT2D eigenvalue weighted by Crippen LogP contribution is -2.26. The molecule has 9 nitrogen and oxygen atoms in total. The number of nitrogens with zero attached hydrogens (tertiary/aromatic N) is 9. The molecule has 0 saturated heterocycles. The van der Waals surface area contributed by atoms with E-state index in [2.05, 4.69) is 44.4 Å². The molecule has 0 spiro atoms. The largest absolute Gasteiger partial charge is 0.249 e. The molecule has 39 heavy (non-hydrogen) atoms. The first-order valence-corrected chi connectivity index (χ1v) is 12.6. The van der Waals surface area contributed by atoms with Gasteiger partial charge in [0.15, 0.2) is 0 Å². The quantitative estimate of drug-likeness (QED) is 0.317. The summed E-state index contributed by atoms with van der Waals surface area (Å²) in [6.07, 6.45) is 6.69. The van der Waals surface area contributed by atoms with E-state index in [4.69, 9.17) is 0 Å². The molecule has 2 aromatic heterocycles. The highest BCUT2D eigenvalue weighted by molar-refractivity contribution is 5.46. The van der Waals surface area contributed by atoms with Gasteiger partial charge >= 0.3 is 0 Å². The Hall–Kier alpha value is -4.81. The van der Waals surface area contributed by atoms with E-state index in [9.17, 15) is 15.8 Å². The van der Waals surface area contributed by atoms with E-state index in [0.29, 0.717) is 19.5 Å². The Labute approximate surface area is 229 Å². The van der Waals surface area contributed by atoms with Crippen LogP contribution in [0.5, 0.6) is 0 Å². The van der Waals surface area contributed by atoms with Crippen LogP contribution in [0.15, 0.2) is 61.7 Å². The van der Waals surface area contributed by atoms with Crippen molar-refractivity contribution >= 4 is 0 Å². The summed E-state index contributed by atoms with van der Waals surface area (Å²) in [6, 6.07) is 19.4. The number of aromatic nitrogens is 6. The van der Waals surface area contributed by atoms with Crippen LogP contribution < -0.4 is 0 Å². The van der Waals surface area contributed by atoms with Gasteiger partial charge in [-0.3, -0.25) is 0 Å². The van der Waals surface area contributed by atoms with Crippen molar-refractivity contribution in [2.24, 2.45) is 0 Å². The fraction of sp³-hybridized carbons (Fsp3) is 0.367. The van der Waals surface area contributed by atoms with Gasteiger partial charge in [-0.2, -0.15) is 26.0 Å². The molecule has 4 rings (SSSR count). The summed E-state index contributed by atoms with van der Waals surface area (Å²) in [5.41, 5.74) is 3.03. The molecule has 2 heterocycles. The lowest BCUT2D eigenvalue weighted by atomic mass is 9.74. The van der Waals surface area contributed by atoms with E-state index in [1.54, 1.807) is 22.0 Å². The number of hydrogen-bond acceptors (Lipinski definition) is 7. The molecule has 0 radical (unpaired) electrons. The van der Waals surface area contributed by atoms with E-state index >= 15 is 0 Å². The minimum absolute atomic E-state index is 0.419. The molecular weight excluding hydrogens is 486 g/mol. The fourth-order valence-electron chi connectivity index (χ4n) is 4.53. The van der Waals surface area contributed by atoms with Gasteiger partial charge in [-0.05, 0) is 74.4 Å². The van der Waals surface area contributed by atoms with Crippen LogP contribution in [0.2, 0.25) is 0 Å². The number of hydrogen-bond donors (Lipinski definition) is 0. The third kappa shape index (κ3) is 6.03. The molecule has 0 fully saturated rings. The number of rotatable bonds is 9. The Balaban J connectivity index is 1.80. The van der Waals surface area contributed by atoms with Gasteiger partial charge in [-0.1, -0.05) is 36.4 Å². The topological polar surface area (TPSA) is 133 Å². The third-order valence-corrected chi connectivity index (χ3v) is 7.11. The molecular formula is C30H31N9. The zero-order valence-corrected chi connectivity index (χ0v) is 22.9. The van der Waals surface area contributed by atoms with E-state index < -0.39 is 16.2 Å². The standard InChI is InChI=1S/C30H31N9/c1-28(2,15-31)25-7-22(6-23(8-25)13-38-20-34-18-36-38)12-30(5,17-33)27-10-24(14-39-21-35-19-37-39)9-26(11-27)29(3,4)16-32/h6-11,18-21H,12-14H2,1-5H3. The van der Waals surface area contributed by atoms with Crippen molar-refractivity contribution in [3.05, 3.63) is 95.1 Å². The van der Waals surface area contributed by atoms with Crippen molar-refractivity contribution in [1.29, 1.82) is 15.8 Å². The molecule has 2 aromatic carbocycles. The minimum Gasteiger partial charge on any atom is -0.249 e. The van der Waals surface area contributed by atoms with Crippen LogP contribution in [0.25, 0.3) is 0 Å². The van der Waals surface area contributed by atoms with Crippen molar-refractivity contribution in [3.8, 4) is 18.2 Å². The van der Waals surface area contributed by atoms with Gasteiger partial charge < -0.3 is 0 Å². The van der Waals surface area contributed by atoms with Crippen LogP contribution in [-0.4, -0.2) is 29.5 Å². The Morgan fingerprint density at radius 2 is 1.08 bits per heavy atom. The zero-order chi connectivity index (χ0) is 28.3. The van der Waals surface area contributed by atoms with E-state index in [-0.39, 0.29) is 0 Å². The summed E-state index contributed by atoms with van der Waals surface area (Å²) in [5, 5.41) is 38.7.